The Morgan fingerprint density at radius 3 is 2.35 bits per heavy atom. The number of nitrogens with one attached hydrogen (secondary N) is 1. The van der Waals surface area contributed by atoms with Gasteiger partial charge in [-0.2, -0.15) is 0 Å². The molecule has 0 bridgehead atoms. The number of para-hydroxylation sites is 1. The zero-order valence-electron chi connectivity index (χ0n) is 13.5. The first-order valence-corrected chi connectivity index (χ1v) is 9.02. The van der Waals surface area contributed by atoms with E-state index in [1.165, 1.54) is 0 Å². The molecule has 3 rings (SSSR count). The molecule has 2 aliphatic heterocycles. The van der Waals surface area contributed by atoms with E-state index >= 15 is 4.39 Å². The van der Waals surface area contributed by atoms with Crippen LogP contribution in [0.5, 0.6) is 0 Å². The molecule has 1 fully saturated rings. The van der Waals surface area contributed by atoms with Crippen molar-refractivity contribution in [2.24, 2.45) is 0 Å². The van der Waals surface area contributed by atoms with Gasteiger partial charge in [-0.15, -0.1) is 0 Å². The summed E-state index contributed by atoms with van der Waals surface area (Å²) in [6.07, 6.45) is 0. The molecule has 8 heteroatoms. The van der Waals surface area contributed by atoms with Gasteiger partial charge < -0.3 is 9.31 Å². The summed E-state index contributed by atoms with van der Waals surface area (Å²) in [5, 5.41) is 0. The molecule has 1 aromatic carbocycles. The van der Waals surface area contributed by atoms with Crippen LogP contribution in [0.4, 0.5) is 10.1 Å². The molecule has 1 N–H and O–H groups in total. The van der Waals surface area contributed by atoms with Crippen LogP contribution in [0.3, 0.4) is 0 Å². The van der Waals surface area contributed by atoms with E-state index in [1.807, 2.05) is 27.7 Å². The molecule has 0 aliphatic carbocycles. The van der Waals surface area contributed by atoms with Crippen LogP contribution >= 0.6 is 0 Å². The number of fused-ring (bicyclic) bond motifs is 1. The van der Waals surface area contributed by atoms with E-state index in [1.54, 1.807) is 24.3 Å². The molecular weight excluding hydrogens is 320 g/mol. The molecule has 0 unspecified atom stereocenters. The van der Waals surface area contributed by atoms with Gasteiger partial charge in [0.05, 0.1) is 22.6 Å². The van der Waals surface area contributed by atoms with Crippen molar-refractivity contribution >= 4 is 28.4 Å². The van der Waals surface area contributed by atoms with Crippen LogP contribution in [-0.2, 0) is 19.3 Å². The maximum Gasteiger partial charge on any atom is 0.525 e. The molecular formula is C15H19BFNO4S. The zero-order valence-corrected chi connectivity index (χ0v) is 14.3. The van der Waals surface area contributed by atoms with Crippen molar-refractivity contribution in [3.05, 3.63) is 35.6 Å². The molecule has 0 radical (unpaired) electrons. The standard InChI is InChI=1S/C15H19BFNO4S/c1-14(2)15(3,4)22-16(21-14)13(17)11-9-23(19,20)18-12-8-6-5-7-10(11)12/h5-8,18H,9H2,1-4H3. The van der Waals surface area contributed by atoms with Crippen molar-refractivity contribution in [2.45, 2.75) is 38.9 Å². The average Bonchev–Trinajstić information content (AvgIpc) is 2.64. The van der Waals surface area contributed by atoms with E-state index in [9.17, 15) is 8.42 Å². The lowest BCUT2D eigenvalue weighted by atomic mass is 9.83. The molecule has 1 saturated heterocycles. The number of halogens is 1. The molecule has 0 atom stereocenters. The number of hydrogen-bond donors (Lipinski definition) is 1. The highest BCUT2D eigenvalue weighted by molar-refractivity contribution is 7.93. The average molecular weight is 339 g/mol. The van der Waals surface area contributed by atoms with Crippen molar-refractivity contribution < 1.29 is 22.1 Å². The van der Waals surface area contributed by atoms with E-state index in [2.05, 4.69) is 4.72 Å². The summed E-state index contributed by atoms with van der Waals surface area (Å²) in [6, 6.07) is 6.70. The van der Waals surface area contributed by atoms with Gasteiger partial charge in [0.25, 0.3) is 0 Å². The number of rotatable bonds is 1. The highest BCUT2D eigenvalue weighted by Gasteiger charge is 2.54. The SMILES string of the molecule is CC1(C)OB(C(F)=C2CS(=O)(=O)Nc3ccccc32)OC1(C)C. The second-order valence-corrected chi connectivity index (χ2v) is 8.54. The van der Waals surface area contributed by atoms with Gasteiger partial charge in [0, 0.05) is 11.1 Å². The fourth-order valence-corrected chi connectivity index (χ4v) is 3.85. The summed E-state index contributed by atoms with van der Waals surface area (Å²) < 4.78 is 52.9. The molecule has 0 saturated carbocycles. The minimum absolute atomic E-state index is 0.0813. The predicted octanol–water partition coefficient (Wildman–Crippen LogP) is 2.75. The molecule has 23 heavy (non-hydrogen) atoms. The fourth-order valence-electron chi connectivity index (χ4n) is 2.59. The number of benzene rings is 1. The lowest BCUT2D eigenvalue weighted by Gasteiger charge is -2.32. The molecule has 2 heterocycles. The first-order valence-electron chi connectivity index (χ1n) is 7.36. The van der Waals surface area contributed by atoms with Crippen LogP contribution in [0.25, 0.3) is 5.57 Å². The van der Waals surface area contributed by atoms with Gasteiger partial charge in [0.1, 0.15) is 5.73 Å². The van der Waals surface area contributed by atoms with Crippen molar-refractivity contribution in [1.82, 2.24) is 0 Å². The number of hydrogen-bond acceptors (Lipinski definition) is 4. The van der Waals surface area contributed by atoms with E-state index in [4.69, 9.17) is 9.31 Å². The first kappa shape index (κ1) is 16.5. The second-order valence-electron chi connectivity index (χ2n) is 6.82. The Labute approximate surface area is 136 Å². The summed E-state index contributed by atoms with van der Waals surface area (Å²) in [4.78, 5) is 0. The van der Waals surface area contributed by atoms with Crippen molar-refractivity contribution in [3.8, 4) is 0 Å². The van der Waals surface area contributed by atoms with Gasteiger partial charge in [-0.3, -0.25) is 4.72 Å². The van der Waals surface area contributed by atoms with Crippen LogP contribution in [0, 0.1) is 0 Å². The van der Waals surface area contributed by atoms with Crippen LogP contribution in [0.2, 0.25) is 0 Å². The van der Waals surface area contributed by atoms with E-state index < -0.39 is 39.8 Å². The number of sulfonamides is 1. The smallest absolute Gasteiger partial charge is 0.398 e. The third-order valence-electron chi connectivity index (χ3n) is 4.60. The maximum atomic E-state index is 15.0. The van der Waals surface area contributed by atoms with Crippen LogP contribution in [0.1, 0.15) is 33.3 Å². The highest BCUT2D eigenvalue weighted by atomic mass is 32.2. The summed E-state index contributed by atoms with van der Waals surface area (Å²) in [5.74, 6) is -0.445. The molecule has 5 nitrogen and oxygen atoms in total. The van der Waals surface area contributed by atoms with Gasteiger partial charge in [0.2, 0.25) is 10.0 Å². The summed E-state index contributed by atoms with van der Waals surface area (Å²) in [6.45, 7) is 7.27. The Morgan fingerprint density at radius 1 is 1.17 bits per heavy atom. The zero-order chi connectivity index (χ0) is 17.0. The number of anilines is 1. The minimum Gasteiger partial charge on any atom is -0.398 e. The molecule has 0 amide bonds. The van der Waals surface area contributed by atoms with Crippen molar-refractivity contribution in [3.63, 3.8) is 0 Å². The molecule has 2 aliphatic rings. The lowest BCUT2D eigenvalue weighted by Crippen LogP contribution is -2.41. The monoisotopic (exact) mass is 339 g/mol. The fraction of sp³-hybridized carbons (Fsp3) is 0.467. The van der Waals surface area contributed by atoms with Gasteiger partial charge in [-0.1, -0.05) is 18.2 Å². The Morgan fingerprint density at radius 2 is 1.74 bits per heavy atom. The topological polar surface area (TPSA) is 64.6 Å². The van der Waals surface area contributed by atoms with Gasteiger partial charge in [-0.05, 0) is 33.8 Å². The highest BCUT2D eigenvalue weighted by Crippen LogP contribution is 2.42. The van der Waals surface area contributed by atoms with E-state index in [0.717, 1.165) is 0 Å². The first-order chi connectivity index (χ1) is 10.5. The maximum absolute atomic E-state index is 15.0. The summed E-state index contributed by atoms with van der Waals surface area (Å²) >= 11 is 0. The quantitative estimate of drug-likeness (QED) is 0.799. The van der Waals surface area contributed by atoms with Crippen LogP contribution < -0.4 is 4.72 Å². The predicted molar refractivity (Wildman–Crippen MR) is 88.0 cm³/mol. The van der Waals surface area contributed by atoms with Gasteiger partial charge in [-0.25, -0.2) is 12.8 Å². The third kappa shape index (κ3) is 2.79. The van der Waals surface area contributed by atoms with Gasteiger partial charge in [0.15, 0.2) is 0 Å². The normalized spacial score (nSPS) is 26.4. The lowest BCUT2D eigenvalue weighted by molar-refractivity contribution is 0.00578. The molecule has 0 spiro atoms. The van der Waals surface area contributed by atoms with E-state index in [-0.39, 0.29) is 5.57 Å². The molecule has 0 aromatic heterocycles. The Bertz CT molecular complexity index is 772. The van der Waals surface area contributed by atoms with Crippen LogP contribution in [-0.4, -0.2) is 32.5 Å². The van der Waals surface area contributed by atoms with Gasteiger partial charge >= 0.3 is 7.12 Å². The van der Waals surface area contributed by atoms with Crippen molar-refractivity contribution in [2.75, 3.05) is 10.5 Å². The summed E-state index contributed by atoms with van der Waals surface area (Å²) in [5.41, 5.74) is -1.13. The Kier molecular flexibility index (Phi) is 3.63. The minimum atomic E-state index is -3.64. The Hall–Kier alpha value is -1.38. The molecule has 1 aromatic rings. The largest absolute Gasteiger partial charge is 0.525 e. The summed E-state index contributed by atoms with van der Waals surface area (Å²) in [7, 11) is -4.85. The second kappa shape index (κ2) is 5.06. The van der Waals surface area contributed by atoms with Crippen LogP contribution in [0.15, 0.2) is 30.0 Å². The van der Waals surface area contributed by atoms with Crippen molar-refractivity contribution in [1.29, 1.82) is 0 Å². The third-order valence-corrected chi connectivity index (χ3v) is 5.80. The molecule has 124 valence electrons. The Balaban J connectivity index is 2.08. The van der Waals surface area contributed by atoms with E-state index in [0.29, 0.717) is 11.3 Å².